The number of aromatic nitrogens is 1. The van der Waals surface area contributed by atoms with E-state index < -0.39 is 0 Å². The van der Waals surface area contributed by atoms with Gasteiger partial charge >= 0.3 is 0 Å². The molecular formula is C31H39N3. The Morgan fingerprint density at radius 1 is 0.471 bits per heavy atom. The molecule has 0 fully saturated rings. The summed E-state index contributed by atoms with van der Waals surface area (Å²) in [6.07, 6.45) is 0. The van der Waals surface area contributed by atoms with Crippen molar-refractivity contribution >= 4 is 22.8 Å². The summed E-state index contributed by atoms with van der Waals surface area (Å²) in [5.41, 5.74) is 18.6. The Bertz CT molecular complexity index is 1200. The molecule has 0 amide bonds. The first-order valence-electron chi connectivity index (χ1n) is 12.1. The zero-order valence-electron chi connectivity index (χ0n) is 23.1. The lowest BCUT2D eigenvalue weighted by Gasteiger charge is -2.17. The lowest BCUT2D eigenvalue weighted by atomic mass is 9.93. The van der Waals surface area contributed by atoms with E-state index in [4.69, 9.17) is 15.0 Å². The minimum absolute atomic E-state index is 0.881. The van der Waals surface area contributed by atoms with Gasteiger partial charge in [0.2, 0.25) is 0 Å². The van der Waals surface area contributed by atoms with Crippen LogP contribution in [-0.2, 0) is 0 Å². The molecule has 0 aliphatic heterocycles. The van der Waals surface area contributed by atoms with Gasteiger partial charge in [-0.2, -0.15) is 0 Å². The van der Waals surface area contributed by atoms with Crippen molar-refractivity contribution in [2.24, 2.45) is 9.98 Å². The molecule has 0 aliphatic carbocycles. The van der Waals surface area contributed by atoms with Crippen LogP contribution in [0.1, 0.15) is 80.9 Å². The maximum absolute atomic E-state index is 5.05. The number of aliphatic imine (C=N–C) groups is 2. The number of benzene rings is 2. The summed E-state index contributed by atoms with van der Waals surface area (Å²) < 4.78 is 0. The van der Waals surface area contributed by atoms with Crippen LogP contribution in [0.4, 0.5) is 11.4 Å². The van der Waals surface area contributed by atoms with E-state index in [2.05, 4.69) is 69.2 Å². The van der Waals surface area contributed by atoms with Crippen molar-refractivity contribution < 1.29 is 0 Å². The van der Waals surface area contributed by atoms with Crippen molar-refractivity contribution in [3.8, 4) is 0 Å². The van der Waals surface area contributed by atoms with E-state index in [1.54, 1.807) is 0 Å². The minimum atomic E-state index is 0.881. The summed E-state index contributed by atoms with van der Waals surface area (Å²) in [6, 6.07) is 6.11. The van der Waals surface area contributed by atoms with Crippen LogP contribution in [0.15, 0.2) is 28.2 Å². The molecule has 0 unspecified atom stereocenters. The fourth-order valence-corrected chi connectivity index (χ4v) is 4.58. The van der Waals surface area contributed by atoms with Crippen molar-refractivity contribution in [2.75, 3.05) is 0 Å². The summed E-state index contributed by atoms with van der Waals surface area (Å²) in [5.74, 6) is 0. The Balaban J connectivity index is 2.08. The van der Waals surface area contributed by atoms with E-state index in [0.29, 0.717) is 0 Å². The molecule has 0 spiro atoms. The highest BCUT2D eigenvalue weighted by Gasteiger charge is 2.14. The van der Waals surface area contributed by atoms with Gasteiger partial charge in [-0.25, -0.2) is 4.98 Å². The molecule has 0 radical (unpaired) electrons. The Morgan fingerprint density at radius 2 is 0.735 bits per heavy atom. The van der Waals surface area contributed by atoms with Gasteiger partial charge in [-0.15, -0.1) is 0 Å². The molecule has 0 atom stereocenters. The van der Waals surface area contributed by atoms with Crippen LogP contribution in [0, 0.1) is 69.2 Å². The van der Waals surface area contributed by atoms with Gasteiger partial charge in [0.1, 0.15) is 0 Å². The third-order valence-electron chi connectivity index (χ3n) is 7.97. The van der Waals surface area contributed by atoms with Crippen LogP contribution >= 0.6 is 0 Å². The van der Waals surface area contributed by atoms with Crippen LogP contribution < -0.4 is 0 Å². The van der Waals surface area contributed by atoms with Gasteiger partial charge in [0.25, 0.3) is 0 Å². The molecule has 1 aromatic heterocycles. The average molecular weight is 454 g/mol. The van der Waals surface area contributed by atoms with Crippen LogP contribution in [-0.4, -0.2) is 16.4 Å². The second kappa shape index (κ2) is 9.66. The first-order valence-corrected chi connectivity index (χ1v) is 12.1. The third-order valence-corrected chi connectivity index (χ3v) is 7.97. The molecule has 2 aromatic carbocycles. The topological polar surface area (TPSA) is 37.6 Å². The van der Waals surface area contributed by atoms with Gasteiger partial charge in [-0.05, 0) is 151 Å². The Kier molecular flexibility index (Phi) is 7.26. The van der Waals surface area contributed by atoms with Crippen molar-refractivity contribution in [3.63, 3.8) is 0 Å². The van der Waals surface area contributed by atoms with Gasteiger partial charge in [0.15, 0.2) is 0 Å². The van der Waals surface area contributed by atoms with Crippen molar-refractivity contribution in [1.29, 1.82) is 0 Å². The molecule has 3 nitrogen and oxygen atoms in total. The van der Waals surface area contributed by atoms with Crippen LogP contribution in [0.25, 0.3) is 0 Å². The summed E-state index contributed by atoms with van der Waals surface area (Å²) in [5, 5.41) is 0. The number of rotatable bonds is 4. The Morgan fingerprint density at radius 3 is 1.03 bits per heavy atom. The number of pyridine rings is 1. The normalized spacial score (nSPS) is 12.5. The molecule has 0 saturated carbocycles. The second-order valence-corrected chi connectivity index (χ2v) is 9.75. The average Bonchev–Trinajstić information content (AvgIpc) is 2.84. The van der Waals surface area contributed by atoms with E-state index in [1.807, 2.05) is 32.0 Å². The highest BCUT2D eigenvalue weighted by Crippen LogP contribution is 2.34. The standard InChI is InChI=1S/C31H39N3/c1-16-18(3)22(7)30(23(8)19(16)4)32-26(11)28-14-13-15-29(34-28)27(12)33-31-24(9)20(5)17(2)21(6)25(31)10/h13-15H,1-12H3/b32-26+,33-27+. The SMILES string of the molecule is C/C(=N\c1c(C)c(C)c(C)c(C)c1C)c1cccc(/C(C)=N/c2c(C)c(C)c(C)c(C)c2C)n1. The largest absolute Gasteiger partial charge is 0.251 e. The molecule has 34 heavy (non-hydrogen) atoms. The summed E-state index contributed by atoms with van der Waals surface area (Å²) in [7, 11) is 0. The van der Waals surface area contributed by atoms with E-state index in [-0.39, 0.29) is 0 Å². The fourth-order valence-electron chi connectivity index (χ4n) is 4.58. The highest BCUT2D eigenvalue weighted by atomic mass is 14.8. The zero-order chi connectivity index (χ0) is 25.5. The summed E-state index contributed by atoms with van der Waals surface area (Å²) in [6.45, 7) is 25.9. The highest BCUT2D eigenvalue weighted by molar-refractivity contribution is 6.02. The van der Waals surface area contributed by atoms with E-state index >= 15 is 0 Å². The van der Waals surface area contributed by atoms with Crippen LogP contribution in [0.3, 0.4) is 0 Å². The molecule has 0 aliphatic rings. The fraction of sp³-hybridized carbons (Fsp3) is 0.387. The van der Waals surface area contributed by atoms with Gasteiger partial charge in [-0.1, -0.05) is 6.07 Å². The molecule has 0 N–H and O–H groups in total. The van der Waals surface area contributed by atoms with Gasteiger partial charge in [-0.3, -0.25) is 9.98 Å². The molecule has 3 aromatic rings. The molecular weight excluding hydrogens is 414 g/mol. The second-order valence-electron chi connectivity index (χ2n) is 9.75. The maximum atomic E-state index is 5.05. The Hall–Kier alpha value is -3.07. The van der Waals surface area contributed by atoms with Gasteiger partial charge in [0.05, 0.1) is 34.2 Å². The van der Waals surface area contributed by atoms with E-state index in [9.17, 15) is 0 Å². The van der Waals surface area contributed by atoms with Gasteiger partial charge < -0.3 is 0 Å². The Labute approximate surface area is 206 Å². The lowest BCUT2D eigenvalue weighted by molar-refractivity contribution is 1.15. The molecule has 3 heteroatoms. The van der Waals surface area contributed by atoms with Crippen molar-refractivity contribution in [1.82, 2.24) is 4.98 Å². The third kappa shape index (κ3) is 4.49. The zero-order valence-corrected chi connectivity index (χ0v) is 23.1. The molecule has 0 bridgehead atoms. The molecule has 3 rings (SSSR count). The smallest absolute Gasteiger partial charge is 0.0849 e. The minimum Gasteiger partial charge on any atom is -0.251 e. The molecule has 1 heterocycles. The number of nitrogens with zero attached hydrogens (tertiary/aromatic N) is 3. The van der Waals surface area contributed by atoms with Crippen molar-refractivity contribution in [2.45, 2.75) is 83.1 Å². The summed E-state index contributed by atoms with van der Waals surface area (Å²) >= 11 is 0. The number of hydrogen-bond acceptors (Lipinski definition) is 3. The predicted molar refractivity (Wildman–Crippen MR) is 148 cm³/mol. The predicted octanol–water partition coefficient (Wildman–Crippen LogP) is 8.45. The van der Waals surface area contributed by atoms with Gasteiger partial charge in [0, 0.05) is 0 Å². The maximum Gasteiger partial charge on any atom is 0.0849 e. The number of hydrogen-bond donors (Lipinski definition) is 0. The summed E-state index contributed by atoms with van der Waals surface area (Å²) in [4.78, 5) is 15.0. The molecule has 178 valence electrons. The van der Waals surface area contributed by atoms with E-state index in [0.717, 1.165) is 34.2 Å². The monoisotopic (exact) mass is 453 g/mol. The lowest BCUT2D eigenvalue weighted by Crippen LogP contribution is -2.06. The van der Waals surface area contributed by atoms with Crippen LogP contribution in [0.5, 0.6) is 0 Å². The molecule has 0 saturated heterocycles. The first-order chi connectivity index (χ1) is 15.9. The first kappa shape index (κ1) is 25.6. The van der Waals surface area contributed by atoms with Crippen LogP contribution in [0.2, 0.25) is 0 Å². The van der Waals surface area contributed by atoms with E-state index in [1.165, 1.54) is 55.6 Å². The quantitative estimate of drug-likeness (QED) is 0.365. The van der Waals surface area contributed by atoms with Crippen molar-refractivity contribution in [3.05, 3.63) is 85.2 Å².